The van der Waals surface area contributed by atoms with Crippen LogP contribution in [0.25, 0.3) is 0 Å². The predicted octanol–water partition coefficient (Wildman–Crippen LogP) is 3.05. The van der Waals surface area contributed by atoms with Gasteiger partial charge in [-0.2, -0.15) is 18.3 Å². The summed E-state index contributed by atoms with van der Waals surface area (Å²) < 4.78 is 37.2. The van der Waals surface area contributed by atoms with Gasteiger partial charge in [-0.1, -0.05) is 11.6 Å². The van der Waals surface area contributed by atoms with Gasteiger partial charge in [0.1, 0.15) is 12.2 Å². The molecule has 0 atom stereocenters. The van der Waals surface area contributed by atoms with Gasteiger partial charge in [0.05, 0.1) is 0 Å². The van der Waals surface area contributed by atoms with Crippen molar-refractivity contribution in [2.45, 2.75) is 19.6 Å². The Kier molecular flexibility index (Phi) is 4.17. The number of aryl methyl sites for hydroxylation is 1. The SMILES string of the molecule is Cc1cnc(C(=O)Nc2ccn(CC(F)(F)F)n2)cc1Cl. The number of carbonyl (C=O) groups is 1. The summed E-state index contributed by atoms with van der Waals surface area (Å²) in [6.45, 7) is 0.507. The number of amides is 1. The molecule has 0 saturated heterocycles. The predicted molar refractivity (Wildman–Crippen MR) is 70.2 cm³/mol. The maximum Gasteiger partial charge on any atom is 0.408 e. The molecular formula is C12H10ClF3N4O. The van der Waals surface area contributed by atoms with Crippen LogP contribution in [-0.4, -0.2) is 26.8 Å². The molecule has 21 heavy (non-hydrogen) atoms. The normalized spacial score (nSPS) is 11.5. The maximum absolute atomic E-state index is 12.2. The number of hydrogen-bond donors (Lipinski definition) is 1. The van der Waals surface area contributed by atoms with E-state index in [1.807, 2.05) is 0 Å². The topological polar surface area (TPSA) is 59.8 Å². The van der Waals surface area contributed by atoms with E-state index in [0.29, 0.717) is 15.3 Å². The molecule has 0 radical (unpaired) electrons. The summed E-state index contributed by atoms with van der Waals surface area (Å²) in [7, 11) is 0. The third kappa shape index (κ3) is 4.19. The van der Waals surface area contributed by atoms with E-state index >= 15 is 0 Å². The molecule has 2 aromatic rings. The number of carbonyl (C=O) groups excluding carboxylic acids is 1. The van der Waals surface area contributed by atoms with Crippen LogP contribution in [-0.2, 0) is 6.54 Å². The van der Waals surface area contributed by atoms with Crippen LogP contribution in [0.15, 0.2) is 24.5 Å². The Bertz CT molecular complexity index is 669. The summed E-state index contributed by atoms with van der Waals surface area (Å²) in [6, 6.07) is 2.64. The molecule has 2 heterocycles. The van der Waals surface area contributed by atoms with Crippen LogP contribution in [0.1, 0.15) is 16.1 Å². The van der Waals surface area contributed by atoms with Gasteiger partial charge in [-0.3, -0.25) is 14.5 Å². The lowest BCUT2D eigenvalue weighted by Crippen LogP contribution is -2.19. The molecule has 2 rings (SSSR count). The number of anilines is 1. The summed E-state index contributed by atoms with van der Waals surface area (Å²) in [5.41, 5.74) is 0.763. The second-order valence-electron chi connectivity index (χ2n) is 4.29. The highest BCUT2D eigenvalue weighted by Gasteiger charge is 2.28. The van der Waals surface area contributed by atoms with Crippen molar-refractivity contribution in [2.24, 2.45) is 0 Å². The second kappa shape index (κ2) is 5.72. The molecule has 1 N–H and O–H groups in total. The highest BCUT2D eigenvalue weighted by Crippen LogP contribution is 2.18. The van der Waals surface area contributed by atoms with Gasteiger partial charge in [0.15, 0.2) is 5.82 Å². The Morgan fingerprint density at radius 2 is 2.19 bits per heavy atom. The first kappa shape index (κ1) is 15.3. The van der Waals surface area contributed by atoms with E-state index in [2.05, 4.69) is 15.4 Å². The largest absolute Gasteiger partial charge is 0.408 e. The third-order valence-electron chi connectivity index (χ3n) is 2.49. The molecular weight excluding hydrogens is 309 g/mol. The monoisotopic (exact) mass is 318 g/mol. The Morgan fingerprint density at radius 3 is 2.81 bits per heavy atom. The second-order valence-corrected chi connectivity index (χ2v) is 4.69. The first-order chi connectivity index (χ1) is 9.74. The first-order valence-electron chi connectivity index (χ1n) is 5.78. The van der Waals surface area contributed by atoms with Crippen molar-refractivity contribution in [2.75, 3.05) is 5.32 Å². The number of halogens is 4. The number of nitrogens with one attached hydrogen (secondary N) is 1. The molecule has 0 bridgehead atoms. The van der Waals surface area contributed by atoms with E-state index in [1.54, 1.807) is 6.92 Å². The summed E-state index contributed by atoms with van der Waals surface area (Å²) in [6.07, 6.45) is -1.82. The Hall–Kier alpha value is -2.09. The molecule has 0 aromatic carbocycles. The van der Waals surface area contributed by atoms with Crippen molar-refractivity contribution >= 4 is 23.3 Å². The molecule has 0 aliphatic rings. The zero-order valence-electron chi connectivity index (χ0n) is 10.8. The average Bonchev–Trinajstić information content (AvgIpc) is 2.77. The smallest absolute Gasteiger partial charge is 0.304 e. The molecule has 9 heteroatoms. The van der Waals surface area contributed by atoms with Crippen LogP contribution in [0.2, 0.25) is 5.02 Å². The van der Waals surface area contributed by atoms with E-state index in [0.717, 1.165) is 6.20 Å². The highest BCUT2D eigenvalue weighted by atomic mass is 35.5. The van der Waals surface area contributed by atoms with Crippen LogP contribution in [0.5, 0.6) is 0 Å². The maximum atomic E-state index is 12.2. The number of rotatable bonds is 3. The van der Waals surface area contributed by atoms with Gasteiger partial charge in [0.2, 0.25) is 0 Å². The zero-order chi connectivity index (χ0) is 15.6. The van der Waals surface area contributed by atoms with Crippen molar-refractivity contribution in [1.29, 1.82) is 0 Å². The molecule has 0 aliphatic heterocycles. The van der Waals surface area contributed by atoms with E-state index in [4.69, 9.17) is 11.6 Å². The summed E-state index contributed by atoms with van der Waals surface area (Å²) >= 11 is 5.87. The third-order valence-corrected chi connectivity index (χ3v) is 2.90. The lowest BCUT2D eigenvalue weighted by molar-refractivity contribution is -0.142. The molecule has 2 aromatic heterocycles. The number of nitrogens with zero attached hydrogens (tertiary/aromatic N) is 3. The number of aromatic nitrogens is 3. The van der Waals surface area contributed by atoms with Gasteiger partial charge in [0.25, 0.3) is 5.91 Å². The number of pyridine rings is 1. The van der Waals surface area contributed by atoms with E-state index in [-0.39, 0.29) is 11.5 Å². The molecule has 112 valence electrons. The minimum Gasteiger partial charge on any atom is -0.304 e. The zero-order valence-corrected chi connectivity index (χ0v) is 11.5. The quantitative estimate of drug-likeness (QED) is 0.946. The lowest BCUT2D eigenvalue weighted by Gasteiger charge is -2.06. The molecule has 0 fully saturated rings. The molecule has 5 nitrogen and oxygen atoms in total. The van der Waals surface area contributed by atoms with Crippen LogP contribution in [0, 0.1) is 6.92 Å². The summed E-state index contributed by atoms with van der Waals surface area (Å²) in [5.74, 6) is -0.600. The van der Waals surface area contributed by atoms with Crippen LogP contribution < -0.4 is 5.32 Å². The Balaban J connectivity index is 2.07. The Morgan fingerprint density at radius 1 is 1.48 bits per heavy atom. The minimum atomic E-state index is -4.38. The van der Waals surface area contributed by atoms with Crippen LogP contribution in [0.3, 0.4) is 0 Å². The van der Waals surface area contributed by atoms with Gasteiger partial charge in [-0.05, 0) is 18.6 Å². The van der Waals surface area contributed by atoms with Crippen LogP contribution >= 0.6 is 11.6 Å². The standard InChI is InChI=1S/C12H10ClF3N4O/c1-7-5-17-9(4-8(7)13)11(21)18-10-2-3-20(19-10)6-12(14,15)16/h2-5H,6H2,1H3,(H,18,19,21). The van der Waals surface area contributed by atoms with E-state index < -0.39 is 18.6 Å². The first-order valence-corrected chi connectivity index (χ1v) is 6.16. The highest BCUT2D eigenvalue weighted by molar-refractivity contribution is 6.31. The molecule has 0 saturated carbocycles. The Labute approximate surface area is 122 Å². The summed E-state index contributed by atoms with van der Waals surface area (Å²) in [4.78, 5) is 15.8. The van der Waals surface area contributed by atoms with Crippen molar-refractivity contribution in [1.82, 2.24) is 14.8 Å². The van der Waals surface area contributed by atoms with E-state index in [1.165, 1.54) is 18.3 Å². The molecule has 1 amide bonds. The van der Waals surface area contributed by atoms with Crippen molar-refractivity contribution < 1.29 is 18.0 Å². The summed E-state index contributed by atoms with van der Waals surface area (Å²) in [5, 5.41) is 6.33. The van der Waals surface area contributed by atoms with Crippen molar-refractivity contribution in [3.8, 4) is 0 Å². The number of hydrogen-bond acceptors (Lipinski definition) is 3. The molecule has 0 spiro atoms. The van der Waals surface area contributed by atoms with E-state index in [9.17, 15) is 18.0 Å². The minimum absolute atomic E-state index is 0.00254. The fourth-order valence-corrected chi connectivity index (χ4v) is 1.66. The van der Waals surface area contributed by atoms with Gasteiger partial charge < -0.3 is 5.32 Å². The average molecular weight is 319 g/mol. The van der Waals surface area contributed by atoms with Gasteiger partial charge in [-0.25, -0.2) is 0 Å². The lowest BCUT2D eigenvalue weighted by atomic mass is 10.2. The molecule has 0 aliphatic carbocycles. The number of alkyl halides is 3. The fourth-order valence-electron chi connectivity index (χ4n) is 1.50. The fraction of sp³-hybridized carbons (Fsp3) is 0.250. The van der Waals surface area contributed by atoms with Crippen molar-refractivity contribution in [3.05, 3.63) is 40.8 Å². The van der Waals surface area contributed by atoms with Crippen molar-refractivity contribution in [3.63, 3.8) is 0 Å². The molecule has 0 unspecified atom stereocenters. The van der Waals surface area contributed by atoms with Gasteiger partial charge >= 0.3 is 6.18 Å². The van der Waals surface area contributed by atoms with Gasteiger partial charge in [-0.15, -0.1) is 0 Å². The van der Waals surface area contributed by atoms with Crippen LogP contribution in [0.4, 0.5) is 19.0 Å². The van der Waals surface area contributed by atoms with Gasteiger partial charge in [0, 0.05) is 23.5 Å².